The quantitative estimate of drug-likeness (QED) is 0.209. The molecule has 0 radical (unpaired) electrons. The van der Waals surface area contributed by atoms with Crippen molar-refractivity contribution in [2.75, 3.05) is 0 Å². The average Bonchev–Trinajstić information content (AvgIpc) is 3.55. The van der Waals surface area contributed by atoms with E-state index in [0.29, 0.717) is 0 Å². The molecule has 8 aromatic carbocycles. The first-order chi connectivity index (χ1) is 20.8. The molecule has 2 aliphatic rings. The van der Waals surface area contributed by atoms with E-state index in [1.54, 1.807) is 0 Å². The van der Waals surface area contributed by atoms with E-state index in [1.807, 2.05) is 0 Å². The first-order valence-electron chi connectivity index (χ1n) is 14.7. The second-order valence-electron chi connectivity index (χ2n) is 11.7. The highest BCUT2D eigenvalue weighted by atomic mass is 14.3. The molecule has 0 heteroatoms. The van der Waals surface area contributed by atoms with Gasteiger partial charge in [-0.3, -0.25) is 0 Å². The molecular weight excluding hydrogens is 504 g/mol. The maximum Gasteiger partial charge on any atom is -0.00264 e. The van der Waals surface area contributed by atoms with Crippen LogP contribution in [-0.4, -0.2) is 0 Å². The van der Waals surface area contributed by atoms with Crippen molar-refractivity contribution in [2.24, 2.45) is 0 Å². The highest BCUT2D eigenvalue weighted by Crippen LogP contribution is 2.49. The van der Waals surface area contributed by atoms with Gasteiger partial charge in [-0.15, -0.1) is 0 Å². The van der Waals surface area contributed by atoms with Gasteiger partial charge in [-0.05, 0) is 123 Å². The fraction of sp³-hybridized carbons (Fsp3) is 0. The summed E-state index contributed by atoms with van der Waals surface area (Å²) >= 11 is 0. The molecule has 42 heavy (non-hydrogen) atoms. The maximum absolute atomic E-state index is 2.38. The van der Waals surface area contributed by atoms with Gasteiger partial charge in [-0.1, -0.05) is 121 Å². The van der Waals surface area contributed by atoms with Crippen LogP contribution in [0, 0.1) is 0 Å². The summed E-state index contributed by atoms with van der Waals surface area (Å²) in [6.45, 7) is 0. The highest BCUT2D eigenvalue weighted by molar-refractivity contribution is 6.17. The molecule has 0 amide bonds. The standard InChI is InChI=1S/C42H24/c1-5-26-7-3-11-37-39-23-30(17-19-33(39)35(9-1)41(26)37)28-15-13-25-14-16-29(22-32(25)21-28)31-18-20-34-36-10-2-6-27-8-4-12-38(42(27)36)40(34)24-31/h1-24H. The first-order valence-corrected chi connectivity index (χ1v) is 14.7. The minimum Gasteiger partial charge on any atom is -0.0610 e. The molecule has 10 rings (SSSR count). The van der Waals surface area contributed by atoms with E-state index < -0.39 is 0 Å². The molecular formula is C42H24. The number of hydrogen-bond acceptors (Lipinski definition) is 0. The Hall–Kier alpha value is -5.46. The Bertz CT molecular complexity index is 2280. The normalized spacial score (nSPS) is 12.3. The van der Waals surface area contributed by atoms with Gasteiger partial charge in [-0.2, -0.15) is 0 Å². The third-order valence-corrected chi connectivity index (χ3v) is 9.52. The van der Waals surface area contributed by atoms with Gasteiger partial charge in [0.15, 0.2) is 0 Å². The molecule has 0 saturated carbocycles. The van der Waals surface area contributed by atoms with Crippen molar-refractivity contribution < 1.29 is 0 Å². The summed E-state index contributed by atoms with van der Waals surface area (Å²) in [6, 6.07) is 54.3. The Labute approximate surface area is 244 Å². The van der Waals surface area contributed by atoms with Crippen LogP contribution in [0.1, 0.15) is 0 Å². The van der Waals surface area contributed by atoms with Crippen LogP contribution in [0.25, 0.3) is 99.1 Å². The van der Waals surface area contributed by atoms with Crippen molar-refractivity contribution in [3.05, 3.63) is 146 Å². The predicted octanol–water partition coefficient (Wildman–Crippen LogP) is 11.8. The van der Waals surface area contributed by atoms with Crippen LogP contribution in [0.2, 0.25) is 0 Å². The van der Waals surface area contributed by atoms with Crippen molar-refractivity contribution in [2.45, 2.75) is 0 Å². The molecule has 0 unspecified atom stereocenters. The molecule has 8 aromatic rings. The zero-order valence-electron chi connectivity index (χ0n) is 22.9. The van der Waals surface area contributed by atoms with Crippen LogP contribution in [-0.2, 0) is 0 Å². The Morgan fingerprint density at radius 1 is 0.214 bits per heavy atom. The summed E-state index contributed by atoms with van der Waals surface area (Å²) in [4.78, 5) is 0. The lowest BCUT2D eigenvalue weighted by Crippen LogP contribution is -1.85. The van der Waals surface area contributed by atoms with Crippen molar-refractivity contribution in [1.82, 2.24) is 0 Å². The Morgan fingerprint density at radius 3 is 1.05 bits per heavy atom. The van der Waals surface area contributed by atoms with Gasteiger partial charge in [0.1, 0.15) is 0 Å². The van der Waals surface area contributed by atoms with E-state index in [-0.39, 0.29) is 0 Å². The van der Waals surface area contributed by atoms with E-state index >= 15 is 0 Å². The molecule has 0 N–H and O–H groups in total. The lowest BCUT2D eigenvalue weighted by atomic mass is 9.93. The fourth-order valence-corrected chi connectivity index (χ4v) is 7.55. The summed E-state index contributed by atoms with van der Waals surface area (Å²) in [5.74, 6) is 0. The van der Waals surface area contributed by atoms with Gasteiger partial charge in [0.25, 0.3) is 0 Å². The average molecular weight is 529 g/mol. The van der Waals surface area contributed by atoms with Crippen molar-refractivity contribution in [3.63, 3.8) is 0 Å². The molecule has 0 nitrogen and oxygen atoms in total. The van der Waals surface area contributed by atoms with Crippen LogP contribution in [0.5, 0.6) is 0 Å². The largest absolute Gasteiger partial charge is 0.0610 e. The van der Waals surface area contributed by atoms with E-state index in [0.717, 1.165) is 0 Å². The molecule has 0 spiro atoms. The zero-order chi connectivity index (χ0) is 27.4. The van der Waals surface area contributed by atoms with Crippen LogP contribution < -0.4 is 0 Å². The molecule has 0 fully saturated rings. The van der Waals surface area contributed by atoms with Crippen LogP contribution in [0.4, 0.5) is 0 Å². The van der Waals surface area contributed by atoms with Crippen LogP contribution in [0.3, 0.4) is 0 Å². The lowest BCUT2D eigenvalue weighted by molar-refractivity contribution is 1.62. The summed E-state index contributed by atoms with van der Waals surface area (Å²) in [6.07, 6.45) is 0. The van der Waals surface area contributed by atoms with E-state index in [9.17, 15) is 0 Å². The van der Waals surface area contributed by atoms with Crippen LogP contribution >= 0.6 is 0 Å². The van der Waals surface area contributed by atoms with Gasteiger partial charge in [0.2, 0.25) is 0 Å². The lowest BCUT2D eigenvalue weighted by Gasteiger charge is -2.10. The highest BCUT2D eigenvalue weighted by Gasteiger charge is 2.22. The SMILES string of the molecule is c1cc2c3c(cccc3c1)-c1cc(-c3ccc4ccc(-c5ccc6c(c5)-c5cccc7cccc-6c57)cc4c3)ccc1-2. The summed E-state index contributed by atoms with van der Waals surface area (Å²) in [5, 5.41) is 7.91. The number of benzene rings is 8. The number of rotatable bonds is 2. The number of fused-ring (bicyclic) bond motifs is 7. The second kappa shape index (κ2) is 8.06. The summed E-state index contributed by atoms with van der Waals surface area (Å²) in [7, 11) is 0. The number of hydrogen-bond donors (Lipinski definition) is 0. The van der Waals surface area contributed by atoms with Gasteiger partial charge < -0.3 is 0 Å². The topological polar surface area (TPSA) is 0 Å². The first kappa shape index (κ1) is 22.3. The van der Waals surface area contributed by atoms with E-state index in [2.05, 4.69) is 146 Å². The third kappa shape index (κ3) is 2.96. The minimum absolute atomic E-state index is 1.25. The van der Waals surface area contributed by atoms with E-state index in [4.69, 9.17) is 0 Å². The van der Waals surface area contributed by atoms with Gasteiger partial charge in [0.05, 0.1) is 0 Å². The molecule has 0 atom stereocenters. The van der Waals surface area contributed by atoms with Crippen LogP contribution in [0.15, 0.2) is 146 Å². The molecule has 0 heterocycles. The maximum atomic E-state index is 2.38. The Morgan fingerprint density at radius 2 is 0.595 bits per heavy atom. The van der Waals surface area contributed by atoms with Gasteiger partial charge in [-0.25, -0.2) is 0 Å². The molecule has 192 valence electrons. The predicted molar refractivity (Wildman–Crippen MR) is 179 cm³/mol. The zero-order valence-corrected chi connectivity index (χ0v) is 22.9. The third-order valence-electron chi connectivity index (χ3n) is 9.52. The minimum atomic E-state index is 1.25. The Balaban J connectivity index is 1.08. The molecule has 2 aliphatic carbocycles. The fourth-order valence-electron chi connectivity index (χ4n) is 7.55. The monoisotopic (exact) mass is 528 g/mol. The summed E-state index contributed by atoms with van der Waals surface area (Å²) in [5.41, 5.74) is 15.8. The summed E-state index contributed by atoms with van der Waals surface area (Å²) < 4.78 is 0. The van der Waals surface area contributed by atoms with Crippen molar-refractivity contribution in [3.8, 4) is 66.8 Å². The van der Waals surface area contributed by atoms with Crippen molar-refractivity contribution in [1.29, 1.82) is 0 Å². The Kier molecular flexibility index (Phi) is 4.27. The van der Waals surface area contributed by atoms with Gasteiger partial charge >= 0.3 is 0 Å². The molecule has 0 aromatic heterocycles. The molecule has 0 bridgehead atoms. The van der Waals surface area contributed by atoms with E-state index in [1.165, 1.54) is 99.1 Å². The van der Waals surface area contributed by atoms with Crippen molar-refractivity contribution >= 4 is 32.3 Å². The smallest absolute Gasteiger partial charge is 0.00264 e. The molecule has 0 saturated heterocycles. The second-order valence-corrected chi connectivity index (χ2v) is 11.7. The molecule has 0 aliphatic heterocycles. The van der Waals surface area contributed by atoms with Gasteiger partial charge in [0, 0.05) is 0 Å².